The number of aryl methyl sites for hydroxylation is 1. The molecule has 2 nitrogen and oxygen atoms in total. The molecule has 2 atom stereocenters. The van der Waals surface area contributed by atoms with E-state index in [9.17, 15) is 0 Å². The van der Waals surface area contributed by atoms with Crippen LogP contribution in [0.2, 0.25) is 0 Å². The summed E-state index contributed by atoms with van der Waals surface area (Å²) in [4.78, 5) is 5.69. The Bertz CT molecular complexity index is 419. The molecule has 0 bridgehead atoms. The number of nitrogens with one attached hydrogen (secondary N) is 1. The molecule has 0 amide bonds. The predicted molar refractivity (Wildman–Crippen MR) is 89.4 cm³/mol. The highest BCUT2D eigenvalue weighted by Crippen LogP contribution is 2.26. The molecule has 0 saturated carbocycles. The summed E-state index contributed by atoms with van der Waals surface area (Å²) in [6.07, 6.45) is 2.41. The van der Waals surface area contributed by atoms with E-state index in [0.717, 1.165) is 26.1 Å². The molecule has 0 aromatic carbocycles. The highest BCUT2D eigenvalue weighted by Gasteiger charge is 2.30. The lowest BCUT2D eigenvalue weighted by Gasteiger charge is -2.35. The lowest BCUT2D eigenvalue weighted by molar-refractivity contribution is 0.158. The van der Waals surface area contributed by atoms with Gasteiger partial charge in [-0.25, -0.2) is 0 Å². The van der Waals surface area contributed by atoms with E-state index in [1.165, 1.54) is 16.2 Å². The normalized spacial score (nSPS) is 25.6. The van der Waals surface area contributed by atoms with Gasteiger partial charge in [-0.2, -0.15) is 0 Å². The van der Waals surface area contributed by atoms with E-state index in [-0.39, 0.29) is 0 Å². The van der Waals surface area contributed by atoms with Crippen LogP contribution in [0, 0.1) is 5.41 Å². The van der Waals surface area contributed by atoms with Crippen LogP contribution >= 0.6 is 11.3 Å². The third-order valence-corrected chi connectivity index (χ3v) is 5.68. The fraction of sp³-hybridized carbons (Fsp3) is 0.765. The topological polar surface area (TPSA) is 15.3 Å². The molecule has 0 aliphatic carbocycles. The minimum Gasteiger partial charge on any atom is -0.312 e. The third kappa shape index (κ3) is 4.06. The quantitative estimate of drug-likeness (QED) is 0.909. The second kappa shape index (κ2) is 6.59. The van der Waals surface area contributed by atoms with Crippen molar-refractivity contribution in [1.29, 1.82) is 0 Å². The maximum Gasteiger partial charge on any atom is 0.0331 e. The molecule has 1 aliphatic heterocycles. The van der Waals surface area contributed by atoms with Crippen molar-refractivity contribution in [2.45, 2.75) is 66.1 Å². The summed E-state index contributed by atoms with van der Waals surface area (Å²) >= 11 is 1.98. The Morgan fingerprint density at radius 2 is 2.00 bits per heavy atom. The highest BCUT2D eigenvalue weighted by molar-refractivity contribution is 7.11. The third-order valence-electron chi connectivity index (χ3n) is 4.46. The Morgan fingerprint density at radius 1 is 1.30 bits per heavy atom. The Balaban J connectivity index is 2.06. The molecule has 3 heteroatoms. The number of nitrogens with zero attached hydrogens (tertiary/aromatic N) is 1. The molecule has 1 saturated heterocycles. The van der Waals surface area contributed by atoms with E-state index in [4.69, 9.17) is 0 Å². The molecular formula is C17H30N2S. The maximum absolute atomic E-state index is 3.75. The Morgan fingerprint density at radius 3 is 2.60 bits per heavy atom. The lowest BCUT2D eigenvalue weighted by atomic mass is 9.86. The maximum atomic E-state index is 3.75. The Labute approximate surface area is 128 Å². The van der Waals surface area contributed by atoms with Gasteiger partial charge in [0.05, 0.1) is 0 Å². The van der Waals surface area contributed by atoms with Crippen molar-refractivity contribution in [3.05, 3.63) is 21.9 Å². The van der Waals surface area contributed by atoms with E-state index in [1.807, 2.05) is 11.3 Å². The van der Waals surface area contributed by atoms with Gasteiger partial charge in [0.15, 0.2) is 0 Å². The van der Waals surface area contributed by atoms with Gasteiger partial charge >= 0.3 is 0 Å². The van der Waals surface area contributed by atoms with E-state index in [0.29, 0.717) is 17.5 Å². The number of thiophene rings is 1. The first-order valence-electron chi connectivity index (χ1n) is 7.95. The zero-order valence-electron chi connectivity index (χ0n) is 13.7. The summed E-state index contributed by atoms with van der Waals surface area (Å²) < 4.78 is 0. The molecular weight excluding hydrogens is 264 g/mol. The largest absolute Gasteiger partial charge is 0.312 e. The van der Waals surface area contributed by atoms with Crippen molar-refractivity contribution in [3.63, 3.8) is 0 Å². The summed E-state index contributed by atoms with van der Waals surface area (Å²) in [5, 5.41) is 3.75. The van der Waals surface area contributed by atoms with Crippen molar-refractivity contribution in [1.82, 2.24) is 10.2 Å². The average Bonchev–Trinajstić information content (AvgIpc) is 2.74. The first kappa shape index (κ1) is 16.0. The first-order chi connectivity index (χ1) is 9.40. The molecule has 0 radical (unpaired) electrons. The minimum atomic E-state index is 0.326. The first-order valence-corrected chi connectivity index (χ1v) is 8.77. The number of hydrogen-bond acceptors (Lipinski definition) is 3. The van der Waals surface area contributed by atoms with Gasteiger partial charge in [-0.05, 0) is 43.9 Å². The van der Waals surface area contributed by atoms with Gasteiger partial charge in [-0.3, -0.25) is 4.90 Å². The standard InChI is InChI=1S/C17H30N2S/c1-6-14-7-8-15(20-14)11-19-12-16(17(3,4)5)18-10-9-13(19)2/h7-8,13,16,18H,6,9-12H2,1-5H3. The molecule has 2 unspecified atom stereocenters. The van der Waals surface area contributed by atoms with Crippen LogP contribution in [0.25, 0.3) is 0 Å². The van der Waals surface area contributed by atoms with Gasteiger partial charge in [-0.15, -0.1) is 11.3 Å². The van der Waals surface area contributed by atoms with Gasteiger partial charge in [-0.1, -0.05) is 27.7 Å². The second-order valence-electron chi connectivity index (χ2n) is 7.16. The molecule has 114 valence electrons. The molecule has 1 aliphatic rings. The minimum absolute atomic E-state index is 0.326. The van der Waals surface area contributed by atoms with Crippen molar-refractivity contribution in [3.8, 4) is 0 Å². The monoisotopic (exact) mass is 294 g/mol. The smallest absolute Gasteiger partial charge is 0.0331 e. The summed E-state index contributed by atoms with van der Waals surface area (Å²) in [6, 6.07) is 5.86. The van der Waals surface area contributed by atoms with Crippen molar-refractivity contribution in [2.24, 2.45) is 5.41 Å². The van der Waals surface area contributed by atoms with Crippen LogP contribution in [0.5, 0.6) is 0 Å². The van der Waals surface area contributed by atoms with E-state index in [2.05, 4.69) is 57.0 Å². The van der Waals surface area contributed by atoms with E-state index in [1.54, 1.807) is 0 Å². The zero-order valence-corrected chi connectivity index (χ0v) is 14.5. The fourth-order valence-electron chi connectivity index (χ4n) is 2.83. The molecule has 1 aromatic heterocycles. The van der Waals surface area contributed by atoms with Gasteiger partial charge in [0.1, 0.15) is 0 Å². The summed E-state index contributed by atoms with van der Waals surface area (Å²) in [5.41, 5.74) is 0.326. The SMILES string of the molecule is CCc1ccc(CN2CC(C(C)(C)C)NCCC2C)s1. The van der Waals surface area contributed by atoms with E-state index < -0.39 is 0 Å². The lowest BCUT2D eigenvalue weighted by Crippen LogP contribution is -2.46. The average molecular weight is 295 g/mol. The van der Waals surface area contributed by atoms with Crippen molar-refractivity contribution in [2.75, 3.05) is 13.1 Å². The summed E-state index contributed by atoms with van der Waals surface area (Å²) in [6.45, 7) is 15.1. The highest BCUT2D eigenvalue weighted by atomic mass is 32.1. The number of rotatable bonds is 3. The van der Waals surface area contributed by atoms with Crippen LogP contribution in [-0.2, 0) is 13.0 Å². The van der Waals surface area contributed by atoms with Crippen molar-refractivity contribution >= 4 is 11.3 Å². The Hall–Kier alpha value is -0.380. The molecule has 1 fully saturated rings. The fourth-order valence-corrected chi connectivity index (χ4v) is 3.81. The molecule has 2 heterocycles. The van der Waals surface area contributed by atoms with Gasteiger partial charge in [0.25, 0.3) is 0 Å². The van der Waals surface area contributed by atoms with Crippen LogP contribution in [0.4, 0.5) is 0 Å². The summed E-state index contributed by atoms with van der Waals surface area (Å²) in [7, 11) is 0. The second-order valence-corrected chi connectivity index (χ2v) is 8.41. The van der Waals surface area contributed by atoms with Crippen LogP contribution < -0.4 is 5.32 Å². The van der Waals surface area contributed by atoms with E-state index >= 15 is 0 Å². The van der Waals surface area contributed by atoms with Gasteiger partial charge in [0.2, 0.25) is 0 Å². The predicted octanol–water partition coefficient (Wildman–Crippen LogP) is 3.91. The molecule has 1 N–H and O–H groups in total. The van der Waals surface area contributed by atoms with Crippen LogP contribution in [0.15, 0.2) is 12.1 Å². The zero-order chi connectivity index (χ0) is 14.8. The van der Waals surface area contributed by atoms with Gasteiger partial charge < -0.3 is 5.32 Å². The van der Waals surface area contributed by atoms with Crippen LogP contribution in [0.1, 0.15) is 50.8 Å². The molecule has 2 rings (SSSR count). The van der Waals surface area contributed by atoms with Crippen LogP contribution in [0.3, 0.4) is 0 Å². The van der Waals surface area contributed by atoms with Crippen molar-refractivity contribution < 1.29 is 0 Å². The molecule has 1 aromatic rings. The molecule has 0 spiro atoms. The summed E-state index contributed by atoms with van der Waals surface area (Å²) in [5.74, 6) is 0. The Kier molecular flexibility index (Phi) is 5.27. The van der Waals surface area contributed by atoms with Gasteiger partial charge in [0, 0.05) is 34.9 Å². The van der Waals surface area contributed by atoms with Crippen LogP contribution in [-0.4, -0.2) is 30.1 Å². The number of hydrogen-bond donors (Lipinski definition) is 1. The molecule has 20 heavy (non-hydrogen) atoms.